The summed E-state index contributed by atoms with van der Waals surface area (Å²) in [6.07, 6.45) is 0.545. The Bertz CT molecular complexity index is 1210. The van der Waals surface area contributed by atoms with E-state index in [1.54, 1.807) is 35.3 Å². The normalized spacial score (nSPS) is 10.8. The number of nitrogens with zero attached hydrogens (tertiary/aromatic N) is 3. The van der Waals surface area contributed by atoms with E-state index in [4.69, 9.17) is 4.74 Å². The van der Waals surface area contributed by atoms with Crippen molar-refractivity contribution in [3.05, 3.63) is 97.2 Å². The van der Waals surface area contributed by atoms with Gasteiger partial charge in [-0.2, -0.15) is 0 Å². The van der Waals surface area contributed by atoms with Crippen molar-refractivity contribution >= 4 is 28.8 Å². The minimum atomic E-state index is -0.498. The van der Waals surface area contributed by atoms with Gasteiger partial charge in [0.2, 0.25) is 5.91 Å². The number of carbonyl (C=O) groups excluding carboxylic acids is 2. The van der Waals surface area contributed by atoms with Gasteiger partial charge in [0.15, 0.2) is 0 Å². The molecule has 0 aliphatic carbocycles. The molecule has 1 heterocycles. The molecule has 1 aromatic heterocycles. The van der Waals surface area contributed by atoms with E-state index >= 15 is 0 Å². The molecule has 0 saturated carbocycles. The van der Waals surface area contributed by atoms with Gasteiger partial charge >= 0.3 is 0 Å². The highest BCUT2D eigenvalue weighted by molar-refractivity contribution is 7.10. The molecule has 0 spiro atoms. The van der Waals surface area contributed by atoms with Crippen LogP contribution < -0.4 is 0 Å². The van der Waals surface area contributed by atoms with E-state index in [2.05, 4.69) is 0 Å². The summed E-state index contributed by atoms with van der Waals surface area (Å²) in [5.74, 6) is -0.608. The van der Waals surface area contributed by atoms with Gasteiger partial charge in [-0.15, -0.1) is 11.3 Å². The number of thiophene rings is 1. The number of ether oxygens (including phenoxy) is 1. The van der Waals surface area contributed by atoms with Gasteiger partial charge in [0.05, 0.1) is 11.5 Å². The van der Waals surface area contributed by atoms with Crippen molar-refractivity contribution in [1.29, 1.82) is 0 Å². The fraction of sp³-hybridized carbons (Fsp3) is 0.357. The monoisotopic (exact) mass is 523 g/mol. The summed E-state index contributed by atoms with van der Waals surface area (Å²) in [5, 5.41) is 13.4. The third-order valence-electron chi connectivity index (χ3n) is 6.06. The molecule has 0 unspecified atom stereocenters. The number of hydrogen-bond donors (Lipinski definition) is 0. The molecule has 0 bridgehead atoms. The predicted molar refractivity (Wildman–Crippen MR) is 145 cm³/mol. The number of aryl methyl sites for hydroxylation is 2. The average molecular weight is 524 g/mol. The van der Waals surface area contributed by atoms with Crippen LogP contribution in [0.3, 0.4) is 0 Å². The second kappa shape index (κ2) is 13.7. The molecule has 0 fully saturated rings. The highest BCUT2D eigenvalue weighted by atomic mass is 32.1. The number of amides is 2. The quantitative estimate of drug-likeness (QED) is 0.171. The van der Waals surface area contributed by atoms with Crippen molar-refractivity contribution in [2.75, 3.05) is 26.3 Å². The minimum absolute atomic E-state index is 0.120. The maximum atomic E-state index is 13.6. The fourth-order valence-corrected chi connectivity index (χ4v) is 4.84. The van der Waals surface area contributed by atoms with Gasteiger partial charge in [0, 0.05) is 48.4 Å². The summed E-state index contributed by atoms with van der Waals surface area (Å²) in [6.45, 7) is 7.56. The lowest BCUT2D eigenvalue weighted by Crippen LogP contribution is -2.43. The Balaban J connectivity index is 1.85. The Labute approximate surface area is 221 Å². The van der Waals surface area contributed by atoms with Crippen LogP contribution in [0.25, 0.3) is 0 Å². The van der Waals surface area contributed by atoms with Crippen LogP contribution in [0.5, 0.6) is 0 Å². The Morgan fingerprint density at radius 3 is 2.41 bits per heavy atom. The maximum absolute atomic E-state index is 13.6. The summed E-state index contributed by atoms with van der Waals surface area (Å²) in [4.78, 5) is 42.4. The van der Waals surface area contributed by atoms with E-state index in [1.165, 1.54) is 11.0 Å². The molecule has 2 aromatic carbocycles. The molecule has 3 aromatic rings. The molecule has 0 N–H and O–H groups in total. The van der Waals surface area contributed by atoms with Crippen LogP contribution >= 0.6 is 11.3 Å². The zero-order valence-electron chi connectivity index (χ0n) is 21.5. The average Bonchev–Trinajstić information content (AvgIpc) is 3.29. The zero-order chi connectivity index (χ0) is 26.8. The highest BCUT2D eigenvalue weighted by Crippen LogP contribution is 2.22. The van der Waals surface area contributed by atoms with Gasteiger partial charge in [-0.3, -0.25) is 19.7 Å². The standard InChI is InChI=1S/C28H33N3O5S/c1-4-36-15-8-14-29(28(33)24-12-11-21(2)25(17-24)31(34)35)20-27(32)30(18-23-9-6-5-7-10-23)19-26-22(3)13-16-37-26/h5-7,9-13,16-17H,4,8,14-15,18-20H2,1-3H3. The first kappa shape index (κ1) is 28.0. The SMILES string of the molecule is CCOCCCN(CC(=O)N(Cc1ccccc1)Cc1sccc1C)C(=O)c1ccc(C)c([N+](=O)[O-])c1. The van der Waals surface area contributed by atoms with Crippen molar-refractivity contribution in [3.8, 4) is 0 Å². The van der Waals surface area contributed by atoms with Crippen LogP contribution in [0, 0.1) is 24.0 Å². The molecular weight excluding hydrogens is 490 g/mol. The molecule has 196 valence electrons. The highest BCUT2D eigenvalue weighted by Gasteiger charge is 2.25. The molecule has 8 nitrogen and oxygen atoms in total. The largest absolute Gasteiger partial charge is 0.382 e. The van der Waals surface area contributed by atoms with Crippen molar-refractivity contribution < 1.29 is 19.2 Å². The molecule has 0 radical (unpaired) electrons. The fourth-order valence-electron chi connectivity index (χ4n) is 3.91. The molecule has 0 atom stereocenters. The lowest BCUT2D eigenvalue weighted by atomic mass is 10.1. The van der Waals surface area contributed by atoms with Crippen LogP contribution in [0.4, 0.5) is 5.69 Å². The van der Waals surface area contributed by atoms with Crippen LogP contribution in [0.1, 0.15) is 45.3 Å². The lowest BCUT2D eigenvalue weighted by Gasteiger charge is -2.28. The first-order valence-corrected chi connectivity index (χ1v) is 13.1. The lowest BCUT2D eigenvalue weighted by molar-refractivity contribution is -0.385. The Morgan fingerprint density at radius 1 is 1.00 bits per heavy atom. The molecule has 9 heteroatoms. The summed E-state index contributed by atoms with van der Waals surface area (Å²) in [7, 11) is 0. The number of nitro groups is 1. The number of carbonyl (C=O) groups is 2. The predicted octanol–water partition coefficient (Wildman–Crippen LogP) is 5.37. The topological polar surface area (TPSA) is 93.0 Å². The number of nitro benzene ring substituents is 1. The first-order chi connectivity index (χ1) is 17.8. The molecule has 0 aliphatic heterocycles. The van der Waals surface area contributed by atoms with Crippen LogP contribution in [-0.4, -0.2) is 52.8 Å². The van der Waals surface area contributed by atoms with Crippen LogP contribution in [0.2, 0.25) is 0 Å². The second-order valence-corrected chi connectivity index (χ2v) is 9.80. The summed E-state index contributed by atoms with van der Waals surface area (Å²) < 4.78 is 5.43. The number of rotatable bonds is 13. The van der Waals surface area contributed by atoms with E-state index < -0.39 is 10.8 Å². The van der Waals surface area contributed by atoms with E-state index in [1.807, 2.05) is 55.6 Å². The smallest absolute Gasteiger partial charge is 0.273 e. The third kappa shape index (κ3) is 7.96. The van der Waals surface area contributed by atoms with Crippen LogP contribution in [-0.2, 0) is 22.6 Å². The summed E-state index contributed by atoms with van der Waals surface area (Å²) in [5.41, 5.74) is 2.65. The molecule has 0 aliphatic rings. The second-order valence-electron chi connectivity index (χ2n) is 8.80. The molecule has 37 heavy (non-hydrogen) atoms. The van der Waals surface area contributed by atoms with Gasteiger partial charge in [-0.05, 0) is 55.8 Å². The van der Waals surface area contributed by atoms with Gasteiger partial charge in [-0.1, -0.05) is 36.4 Å². The molecule has 3 rings (SSSR count). The summed E-state index contributed by atoms with van der Waals surface area (Å²) in [6, 6.07) is 16.2. The van der Waals surface area contributed by atoms with Gasteiger partial charge < -0.3 is 14.5 Å². The van der Waals surface area contributed by atoms with Gasteiger partial charge in [-0.25, -0.2) is 0 Å². The van der Waals surface area contributed by atoms with Crippen molar-refractivity contribution in [2.24, 2.45) is 0 Å². The molecular formula is C28H33N3O5S. The van der Waals surface area contributed by atoms with Crippen molar-refractivity contribution in [1.82, 2.24) is 9.80 Å². The van der Waals surface area contributed by atoms with Gasteiger partial charge in [0.1, 0.15) is 6.54 Å². The Kier molecular flexibility index (Phi) is 10.3. The number of hydrogen-bond acceptors (Lipinski definition) is 6. The zero-order valence-corrected chi connectivity index (χ0v) is 22.3. The Hall–Kier alpha value is -3.56. The third-order valence-corrected chi connectivity index (χ3v) is 7.07. The minimum Gasteiger partial charge on any atom is -0.382 e. The molecule has 0 saturated heterocycles. The molecule has 2 amide bonds. The van der Waals surface area contributed by atoms with Crippen molar-refractivity contribution in [2.45, 2.75) is 40.3 Å². The summed E-state index contributed by atoms with van der Waals surface area (Å²) >= 11 is 1.60. The number of benzene rings is 2. The van der Waals surface area contributed by atoms with Gasteiger partial charge in [0.25, 0.3) is 11.6 Å². The van der Waals surface area contributed by atoms with E-state index in [0.717, 1.165) is 16.0 Å². The first-order valence-electron chi connectivity index (χ1n) is 12.3. The van der Waals surface area contributed by atoms with E-state index in [-0.39, 0.29) is 23.7 Å². The van der Waals surface area contributed by atoms with Crippen LogP contribution in [0.15, 0.2) is 60.0 Å². The van der Waals surface area contributed by atoms with E-state index in [9.17, 15) is 19.7 Å². The maximum Gasteiger partial charge on any atom is 0.273 e. The Morgan fingerprint density at radius 2 is 1.76 bits per heavy atom. The van der Waals surface area contributed by atoms with E-state index in [0.29, 0.717) is 44.8 Å². The van der Waals surface area contributed by atoms with Crippen molar-refractivity contribution in [3.63, 3.8) is 0 Å².